The van der Waals surface area contributed by atoms with Crippen LogP contribution in [0.15, 0.2) is 41.9 Å². The average Bonchev–Trinajstić information content (AvgIpc) is 2.49. The molecule has 0 fully saturated rings. The maximum absolute atomic E-state index is 5.68. The Morgan fingerprint density at radius 2 is 2.05 bits per heavy atom. The van der Waals surface area contributed by atoms with Gasteiger partial charge in [0.1, 0.15) is 12.4 Å². The molecule has 0 saturated heterocycles. The van der Waals surface area contributed by atoms with E-state index in [0.717, 1.165) is 37.6 Å². The molecule has 124 valence electrons. The smallest absolute Gasteiger partial charge is 0.193 e. The number of guanidine groups is 1. The number of aryl methyl sites for hydroxylation is 1. The summed E-state index contributed by atoms with van der Waals surface area (Å²) in [4.78, 5) is 6.39. The quantitative estimate of drug-likeness (QED) is 0.231. The molecule has 0 amide bonds. The van der Waals surface area contributed by atoms with E-state index in [2.05, 4.69) is 40.8 Å². The highest BCUT2D eigenvalue weighted by molar-refractivity contribution is 14.0. The lowest BCUT2D eigenvalue weighted by atomic mass is 10.2. The second kappa shape index (κ2) is 12.3. The number of unbranched alkanes of at least 4 members (excludes halogenated alkanes) is 1. The highest BCUT2D eigenvalue weighted by Gasteiger charge is 2.04. The summed E-state index contributed by atoms with van der Waals surface area (Å²) in [7, 11) is 3.84. The van der Waals surface area contributed by atoms with Gasteiger partial charge in [0.25, 0.3) is 0 Å². The van der Waals surface area contributed by atoms with E-state index in [-0.39, 0.29) is 24.0 Å². The summed E-state index contributed by atoms with van der Waals surface area (Å²) in [5.74, 6) is 1.79. The van der Waals surface area contributed by atoms with Gasteiger partial charge in [0.2, 0.25) is 0 Å². The highest BCUT2D eigenvalue weighted by atomic mass is 127. The molecule has 0 aliphatic heterocycles. The van der Waals surface area contributed by atoms with E-state index in [4.69, 9.17) is 4.74 Å². The van der Waals surface area contributed by atoms with Crippen LogP contribution in [0.5, 0.6) is 5.75 Å². The molecule has 1 aromatic rings. The maximum Gasteiger partial charge on any atom is 0.193 e. The Balaban J connectivity index is 0.00000441. The molecule has 0 spiro atoms. The van der Waals surface area contributed by atoms with Crippen molar-refractivity contribution in [3.8, 4) is 5.75 Å². The summed E-state index contributed by atoms with van der Waals surface area (Å²) >= 11 is 0. The zero-order valence-electron chi connectivity index (χ0n) is 13.8. The van der Waals surface area contributed by atoms with Crippen LogP contribution in [-0.2, 0) is 0 Å². The summed E-state index contributed by atoms with van der Waals surface area (Å²) in [5, 5.41) is 3.30. The summed E-state index contributed by atoms with van der Waals surface area (Å²) < 4.78 is 5.68. The molecule has 0 saturated carbocycles. The Morgan fingerprint density at radius 3 is 2.64 bits per heavy atom. The molecule has 0 atom stereocenters. The Hall–Kier alpha value is -1.24. The van der Waals surface area contributed by atoms with Crippen molar-refractivity contribution in [2.75, 3.05) is 33.8 Å². The molecule has 5 heteroatoms. The van der Waals surface area contributed by atoms with E-state index >= 15 is 0 Å². The van der Waals surface area contributed by atoms with Crippen LogP contribution in [0.25, 0.3) is 0 Å². The predicted octanol–water partition coefficient (Wildman–Crippen LogP) is 3.47. The fourth-order valence-electron chi connectivity index (χ4n) is 1.93. The largest absolute Gasteiger partial charge is 0.492 e. The van der Waals surface area contributed by atoms with Gasteiger partial charge in [-0.15, -0.1) is 30.6 Å². The van der Waals surface area contributed by atoms with Gasteiger partial charge in [0.15, 0.2) is 5.96 Å². The van der Waals surface area contributed by atoms with Gasteiger partial charge in [-0.25, -0.2) is 0 Å². The number of ether oxygens (including phenoxy) is 1. The van der Waals surface area contributed by atoms with E-state index in [1.54, 1.807) is 7.05 Å². The molecule has 0 unspecified atom stereocenters. The SMILES string of the molecule is C=CCCCN(C)C(=NC)NCCOc1ccc(C)cc1.I. The third-order valence-electron chi connectivity index (χ3n) is 3.15. The van der Waals surface area contributed by atoms with Gasteiger partial charge in [0, 0.05) is 20.6 Å². The molecule has 1 rings (SSSR count). The predicted molar refractivity (Wildman–Crippen MR) is 106 cm³/mol. The minimum atomic E-state index is 0. The number of benzene rings is 1. The van der Waals surface area contributed by atoms with Crippen LogP contribution in [0, 0.1) is 6.92 Å². The Kier molecular flexibility index (Phi) is 11.6. The molecule has 1 aromatic carbocycles. The minimum absolute atomic E-state index is 0. The van der Waals surface area contributed by atoms with Crippen molar-refractivity contribution in [2.24, 2.45) is 4.99 Å². The number of halogens is 1. The van der Waals surface area contributed by atoms with E-state index in [0.29, 0.717) is 6.61 Å². The van der Waals surface area contributed by atoms with Crippen molar-refractivity contribution >= 4 is 29.9 Å². The Bertz CT molecular complexity index is 446. The lowest BCUT2D eigenvalue weighted by Gasteiger charge is -2.21. The lowest BCUT2D eigenvalue weighted by molar-refractivity contribution is 0.319. The normalized spacial score (nSPS) is 10.6. The van der Waals surface area contributed by atoms with Gasteiger partial charge in [0.05, 0.1) is 6.54 Å². The lowest BCUT2D eigenvalue weighted by Crippen LogP contribution is -2.41. The molecule has 4 nitrogen and oxygen atoms in total. The van der Waals surface area contributed by atoms with Gasteiger partial charge in [-0.2, -0.15) is 0 Å². The van der Waals surface area contributed by atoms with Crippen LogP contribution in [0.1, 0.15) is 18.4 Å². The average molecular weight is 417 g/mol. The maximum atomic E-state index is 5.68. The first-order valence-corrected chi connectivity index (χ1v) is 7.39. The van der Waals surface area contributed by atoms with Gasteiger partial charge in [-0.3, -0.25) is 4.99 Å². The second-order valence-corrected chi connectivity index (χ2v) is 4.99. The van der Waals surface area contributed by atoms with Crippen molar-refractivity contribution in [2.45, 2.75) is 19.8 Å². The van der Waals surface area contributed by atoms with Crippen LogP contribution in [-0.4, -0.2) is 44.7 Å². The van der Waals surface area contributed by atoms with Crippen LogP contribution < -0.4 is 10.1 Å². The number of aliphatic imine (C=N–C) groups is 1. The zero-order valence-corrected chi connectivity index (χ0v) is 16.2. The minimum Gasteiger partial charge on any atom is -0.492 e. The fourth-order valence-corrected chi connectivity index (χ4v) is 1.93. The molecule has 0 aromatic heterocycles. The summed E-state index contributed by atoms with van der Waals surface area (Å²) in [6.45, 7) is 8.11. The van der Waals surface area contributed by atoms with E-state index in [1.807, 2.05) is 25.3 Å². The molecule has 0 radical (unpaired) electrons. The van der Waals surface area contributed by atoms with E-state index in [9.17, 15) is 0 Å². The van der Waals surface area contributed by atoms with Gasteiger partial charge < -0.3 is 15.0 Å². The third kappa shape index (κ3) is 8.26. The molecule has 22 heavy (non-hydrogen) atoms. The standard InChI is InChI=1S/C17H27N3O.HI/c1-5-6-7-13-20(4)17(18-3)19-12-14-21-16-10-8-15(2)9-11-16;/h5,8-11H,1,6-7,12-14H2,2-4H3,(H,18,19);1H. The molecule has 1 N–H and O–H groups in total. The fraction of sp³-hybridized carbons (Fsp3) is 0.471. The zero-order chi connectivity index (χ0) is 15.5. The summed E-state index contributed by atoms with van der Waals surface area (Å²) in [5.41, 5.74) is 1.24. The Labute approximate surface area is 151 Å². The first-order valence-electron chi connectivity index (χ1n) is 7.39. The van der Waals surface area contributed by atoms with E-state index < -0.39 is 0 Å². The molecule has 0 heterocycles. The van der Waals surface area contributed by atoms with Crippen molar-refractivity contribution in [1.29, 1.82) is 0 Å². The molecule has 0 aliphatic rings. The second-order valence-electron chi connectivity index (χ2n) is 4.99. The number of nitrogens with zero attached hydrogens (tertiary/aromatic N) is 2. The van der Waals surface area contributed by atoms with Crippen LogP contribution in [0.3, 0.4) is 0 Å². The molecule has 0 bridgehead atoms. The molecular weight excluding hydrogens is 389 g/mol. The molecule has 0 aliphatic carbocycles. The van der Waals surface area contributed by atoms with Gasteiger partial charge >= 0.3 is 0 Å². The number of allylic oxidation sites excluding steroid dienone is 1. The number of hydrogen-bond acceptors (Lipinski definition) is 2. The number of nitrogens with one attached hydrogen (secondary N) is 1. The Morgan fingerprint density at radius 1 is 1.36 bits per heavy atom. The molecular formula is C17H28IN3O. The van der Waals surface area contributed by atoms with Gasteiger partial charge in [-0.1, -0.05) is 23.8 Å². The third-order valence-corrected chi connectivity index (χ3v) is 3.15. The van der Waals surface area contributed by atoms with Crippen LogP contribution in [0.4, 0.5) is 0 Å². The van der Waals surface area contributed by atoms with Crippen LogP contribution in [0.2, 0.25) is 0 Å². The van der Waals surface area contributed by atoms with Crippen molar-refractivity contribution in [3.05, 3.63) is 42.5 Å². The summed E-state index contributed by atoms with van der Waals surface area (Å²) in [6.07, 6.45) is 4.05. The van der Waals surface area contributed by atoms with Crippen molar-refractivity contribution in [1.82, 2.24) is 10.2 Å². The first kappa shape index (κ1) is 20.8. The van der Waals surface area contributed by atoms with Crippen LogP contribution >= 0.6 is 24.0 Å². The topological polar surface area (TPSA) is 36.9 Å². The first-order chi connectivity index (χ1) is 10.2. The van der Waals surface area contributed by atoms with E-state index in [1.165, 1.54) is 5.56 Å². The highest BCUT2D eigenvalue weighted by Crippen LogP contribution is 2.10. The van der Waals surface area contributed by atoms with Crippen molar-refractivity contribution < 1.29 is 4.74 Å². The van der Waals surface area contributed by atoms with Gasteiger partial charge in [-0.05, 0) is 31.9 Å². The summed E-state index contributed by atoms with van der Waals surface area (Å²) in [6, 6.07) is 8.08. The monoisotopic (exact) mass is 417 g/mol. The number of hydrogen-bond donors (Lipinski definition) is 1. The van der Waals surface area contributed by atoms with Crippen molar-refractivity contribution in [3.63, 3.8) is 0 Å². The number of rotatable bonds is 8.